The van der Waals surface area contributed by atoms with Crippen LogP contribution < -0.4 is 5.32 Å². The molecule has 0 unspecified atom stereocenters. The van der Waals surface area contributed by atoms with Gasteiger partial charge in [0.15, 0.2) is 0 Å². The van der Waals surface area contributed by atoms with Crippen LogP contribution in [0.4, 0.5) is 0 Å². The molecule has 0 bridgehead atoms. The molecule has 2 aliphatic rings. The monoisotopic (exact) mass is 284 g/mol. The normalized spacial score (nSPS) is 23.3. The van der Waals surface area contributed by atoms with E-state index in [1.54, 1.807) is 0 Å². The average Bonchev–Trinajstić information content (AvgIpc) is 2.73. The predicted molar refractivity (Wildman–Crippen MR) is 82.6 cm³/mol. The van der Waals surface area contributed by atoms with Crippen LogP contribution in [0.2, 0.25) is 0 Å². The van der Waals surface area contributed by atoms with E-state index < -0.39 is 0 Å². The molecule has 2 rings (SSSR count). The fraction of sp³-hybridized carbons (Fsp3) is 0.933. The lowest BCUT2D eigenvalue weighted by atomic mass is 10.1. The molecule has 0 aromatic rings. The molecule has 4 heteroatoms. The first kappa shape index (κ1) is 15.2. The van der Waals surface area contributed by atoms with Crippen molar-refractivity contribution in [3.63, 3.8) is 0 Å². The summed E-state index contributed by atoms with van der Waals surface area (Å²) in [4.78, 5) is 14.2. The Kier molecular flexibility index (Phi) is 6.02. The van der Waals surface area contributed by atoms with Crippen LogP contribution in [0.5, 0.6) is 0 Å². The third-order valence-corrected chi connectivity index (χ3v) is 6.05. The van der Waals surface area contributed by atoms with E-state index in [1.807, 2.05) is 11.8 Å². The number of rotatable bonds is 5. The first-order valence-corrected chi connectivity index (χ1v) is 9.02. The number of carbonyl (C=O) groups excluding carboxylic acids is 1. The van der Waals surface area contributed by atoms with Crippen molar-refractivity contribution in [2.75, 3.05) is 32.4 Å². The zero-order chi connectivity index (χ0) is 13.6. The summed E-state index contributed by atoms with van der Waals surface area (Å²) in [6.07, 6.45) is 12.5. The van der Waals surface area contributed by atoms with Crippen LogP contribution in [-0.4, -0.2) is 48.0 Å². The summed E-state index contributed by atoms with van der Waals surface area (Å²) in [5.74, 6) is 0.302. The molecular weight excluding hydrogens is 256 g/mol. The fourth-order valence-electron chi connectivity index (χ4n) is 3.30. The van der Waals surface area contributed by atoms with Gasteiger partial charge >= 0.3 is 0 Å². The summed E-state index contributed by atoms with van der Waals surface area (Å²) in [5, 5.41) is 3.42. The number of thioether (sulfide) groups is 1. The molecule has 0 atom stereocenters. The molecule has 19 heavy (non-hydrogen) atoms. The molecule has 110 valence electrons. The highest BCUT2D eigenvalue weighted by molar-refractivity contribution is 8.00. The molecule has 1 amide bonds. The largest absolute Gasteiger partial charge is 0.342 e. The number of carbonyl (C=O) groups is 1. The Morgan fingerprint density at radius 2 is 1.74 bits per heavy atom. The maximum Gasteiger partial charge on any atom is 0.236 e. The molecule has 2 fully saturated rings. The van der Waals surface area contributed by atoms with Crippen molar-refractivity contribution in [2.24, 2.45) is 0 Å². The molecule has 1 aliphatic heterocycles. The van der Waals surface area contributed by atoms with Crippen LogP contribution in [0.3, 0.4) is 0 Å². The zero-order valence-corrected chi connectivity index (χ0v) is 13.1. The topological polar surface area (TPSA) is 32.3 Å². The van der Waals surface area contributed by atoms with Crippen LogP contribution in [0.1, 0.15) is 51.4 Å². The van der Waals surface area contributed by atoms with E-state index in [9.17, 15) is 4.79 Å². The van der Waals surface area contributed by atoms with Gasteiger partial charge in [-0.15, -0.1) is 0 Å². The number of amides is 1. The quantitative estimate of drug-likeness (QED) is 0.842. The van der Waals surface area contributed by atoms with Gasteiger partial charge in [-0.05, 0) is 31.9 Å². The summed E-state index contributed by atoms with van der Waals surface area (Å²) in [5.41, 5.74) is 0. The lowest BCUT2D eigenvalue weighted by Crippen LogP contribution is -2.43. The summed E-state index contributed by atoms with van der Waals surface area (Å²) in [6.45, 7) is 3.46. The van der Waals surface area contributed by atoms with Gasteiger partial charge in [-0.3, -0.25) is 4.79 Å². The Morgan fingerprint density at radius 3 is 2.32 bits per heavy atom. The van der Waals surface area contributed by atoms with Gasteiger partial charge in [0, 0.05) is 24.4 Å². The van der Waals surface area contributed by atoms with E-state index in [-0.39, 0.29) is 0 Å². The third kappa shape index (κ3) is 4.38. The fourth-order valence-corrected chi connectivity index (χ4v) is 4.24. The molecule has 1 aliphatic carbocycles. The van der Waals surface area contributed by atoms with Crippen molar-refractivity contribution in [1.29, 1.82) is 0 Å². The Labute approximate surface area is 121 Å². The summed E-state index contributed by atoms with van der Waals surface area (Å²) < 4.78 is 0.402. The van der Waals surface area contributed by atoms with E-state index in [0.717, 1.165) is 19.6 Å². The molecule has 0 aromatic carbocycles. The van der Waals surface area contributed by atoms with Crippen molar-refractivity contribution >= 4 is 17.7 Å². The SMILES string of the molecule is CSC1(CNCC(=O)N2CCCCCC2)CCCC1. The minimum atomic E-state index is 0.302. The second kappa shape index (κ2) is 7.53. The molecule has 0 radical (unpaired) electrons. The Morgan fingerprint density at radius 1 is 1.11 bits per heavy atom. The number of hydrogen-bond acceptors (Lipinski definition) is 3. The second-order valence-electron chi connectivity index (χ2n) is 5.99. The molecule has 1 saturated carbocycles. The lowest BCUT2D eigenvalue weighted by molar-refractivity contribution is -0.130. The van der Waals surface area contributed by atoms with Crippen LogP contribution in [0, 0.1) is 0 Å². The van der Waals surface area contributed by atoms with Crippen LogP contribution >= 0.6 is 11.8 Å². The van der Waals surface area contributed by atoms with Gasteiger partial charge in [-0.2, -0.15) is 11.8 Å². The molecule has 0 spiro atoms. The molecule has 1 N–H and O–H groups in total. The highest BCUT2D eigenvalue weighted by atomic mass is 32.2. The van der Waals surface area contributed by atoms with E-state index in [2.05, 4.69) is 16.5 Å². The second-order valence-corrected chi connectivity index (χ2v) is 7.27. The number of nitrogens with one attached hydrogen (secondary N) is 1. The van der Waals surface area contributed by atoms with E-state index in [4.69, 9.17) is 0 Å². The Bertz CT molecular complexity index is 282. The van der Waals surface area contributed by atoms with Crippen LogP contribution in [0.15, 0.2) is 0 Å². The molecule has 1 saturated heterocycles. The first-order chi connectivity index (χ1) is 9.26. The smallest absolute Gasteiger partial charge is 0.236 e. The van der Waals surface area contributed by atoms with Gasteiger partial charge in [0.1, 0.15) is 0 Å². The predicted octanol–water partition coefficient (Wildman–Crippen LogP) is 2.65. The van der Waals surface area contributed by atoms with Gasteiger partial charge in [0.05, 0.1) is 6.54 Å². The van der Waals surface area contributed by atoms with E-state index in [0.29, 0.717) is 17.2 Å². The highest BCUT2D eigenvalue weighted by Crippen LogP contribution is 2.39. The van der Waals surface area contributed by atoms with Crippen molar-refractivity contribution in [3.05, 3.63) is 0 Å². The maximum atomic E-state index is 12.2. The van der Waals surface area contributed by atoms with Crippen molar-refractivity contribution in [3.8, 4) is 0 Å². The standard InChI is InChI=1S/C15H28N2OS/c1-19-15(8-4-5-9-15)13-16-12-14(18)17-10-6-2-3-7-11-17/h16H,2-13H2,1H3. The molecule has 3 nitrogen and oxygen atoms in total. The van der Waals surface area contributed by atoms with E-state index in [1.165, 1.54) is 51.4 Å². The third-order valence-electron chi connectivity index (χ3n) is 4.63. The zero-order valence-electron chi connectivity index (χ0n) is 12.2. The lowest BCUT2D eigenvalue weighted by Gasteiger charge is -2.28. The minimum absolute atomic E-state index is 0.302. The minimum Gasteiger partial charge on any atom is -0.342 e. The van der Waals surface area contributed by atoms with Crippen molar-refractivity contribution < 1.29 is 4.79 Å². The van der Waals surface area contributed by atoms with Gasteiger partial charge < -0.3 is 10.2 Å². The number of likely N-dealkylation sites (tertiary alicyclic amines) is 1. The Balaban J connectivity index is 1.70. The highest BCUT2D eigenvalue weighted by Gasteiger charge is 2.32. The van der Waals surface area contributed by atoms with E-state index >= 15 is 0 Å². The molecule has 1 heterocycles. The van der Waals surface area contributed by atoms with Gasteiger partial charge in [0.25, 0.3) is 0 Å². The number of nitrogens with zero attached hydrogens (tertiary/aromatic N) is 1. The van der Waals surface area contributed by atoms with Crippen molar-refractivity contribution in [1.82, 2.24) is 10.2 Å². The maximum absolute atomic E-state index is 12.2. The van der Waals surface area contributed by atoms with Crippen LogP contribution in [0.25, 0.3) is 0 Å². The van der Waals surface area contributed by atoms with Gasteiger partial charge in [-0.1, -0.05) is 25.7 Å². The summed E-state index contributed by atoms with van der Waals surface area (Å²) >= 11 is 1.98. The summed E-state index contributed by atoms with van der Waals surface area (Å²) in [6, 6.07) is 0. The number of hydrogen-bond donors (Lipinski definition) is 1. The first-order valence-electron chi connectivity index (χ1n) is 7.79. The molecular formula is C15H28N2OS. The van der Waals surface area contributed by atoms with Gasteiger partial charge in [0.2, 0.25) is 5.91 Å². The van der Waals surface area contributed by atoms with Gasteiger partial charge in [-0.25, -0.2) is 0 Å². The van der Waals surface area contributed by atoms with Crippen molar-refractivity contribution in [2.45, 2.75) is 56.1 Å². The summed E-state index contributed by atoms with van der Waals surface area (Å²) in [7, 11) is 0. The average molecular weight is 284 g/mol. The van der Waals surface area contributed by atoms with Crippen LogP contribution in [-0.2, 0) is 4.79 Å². The Hall–Kier alpha value is -0.220. The molecule has 0 aromatic heterocycles.